The highest BCUT2D eigenvalue weighted by atomic mass is 16.6. The quantitative estimate of drug-likeness (QED) is 0.158. The Balaban J connectivity index is 3.52. The van der Waals surface area contributed by atoms with Crippen molar-refractivity contribution in [2.24, 2.45) is 0 Å². The zero-order valence-electron chi connectivity index (χ0n) is 16.3. The highest BCUT2D eigenvalue weighted by Crippen LogP contribution is 2.09. The highest BCUT2D eigenvalue weighted by Gasteiger charge is 2.08. The maximum absolute atomic E-state index is 11.7. The summed E-state index contributed by atoms with van der Waals surface area (Å²) in [5, 5.41) is 0. The highest BCUT2D eigenvalue weighted by molar-refractivity contribution is 5.70. The maximum Gasteiger partial charge on any atom is 0.305 e. The van der Waals surface area contributed by atoms with Crippen molar-refractivity contribution >= 4 is 11.9 Å². The Hall–Kier alpha value is -1.32. The molecule has 0 aromatic carbocycles. The fraction of sp³-hybridized carbons (Fsp3) is 0.762. The van der Waals surface area contributed by atoms with Crippen LogP contribution in [0.2, 0.25) is 0 Å². The van der Waals surface area contributed by atoms with Gasteiger partial charge >= 0.3 is 11.9 Å². The number of rotatable bonds is 16. The predicted molar refractivity (Wildman–Crippen MR) is 102 cm³/mol. The van der Waals surface area contributed by atoms with Gasteiger partial charge in [0.1, 0.15) is 0 Å². The van der Waals surface area contributed by atoms with Gasteiger partial charge in [-0.3, -0.25) is 16.5 Å². The van der Waals surface area contributed by atoms with E-state index in [1.54, 1.807) is 0 Å². The summed E-state index contributed by atoms with van der Waals surface area (Å²) in [7, 11) is 0. The van der Waals surface area contributed by atoms with Gasteiger partial charge in [0, 0.05) is 18.9 Å². The number of hydrogen-bond acceptors (Lipinski definition) is 4. The van der Waals surface area contributed by atoms with E-state index in [1.165, 1.54) is 12.8 Å². The SMILES string of the molecule is [CH2-][C@@H](COC(=O)CCCCC)OC(=O)CCCCCCC/C=C\CC. The number of carbonyl (C=O) groups excluding carboxylic acids is 2. The monoisotopic (exact) mass is 353 g/mol. The second-order valence-corrected chi connectivity index (χ2v) is 6.44. The molecule has 0 aromatic heterocycles. The molecule has 4 nitrogen and oxygen atoms in total. The Kier molecular flexibility index (Phi) is 16.6. The van der Waals surface area contributed by atoms with E-state index in [4.69, 9.17) is 9.47 Å². The molecule has 0 aliphatic carbocycles. The van der Waals surface area contributed by atoms with Crippen molar-refractivity contribution in [2.75, 3.05) is 6.61 Å². The smallest absolute Gasteiger partial charge is 0.305 e. The minimum atomic E-state index is -0.618. The predicted octanol–water partition coefficient (Wildman–Crippen LogP) is 5.55. The van der Waals surface area contributed by atoms with Gasteiger partial charge < -0.3 is 9.47 Å². The van der Waals surface area contributed by atoms with Crippen molar-refractivity contribution in [3.05, 3.63) is 19.1 Å². The second-order valence-electron chi connectivity index (χ2n) is 6.44. The van der Waals surface area contributed by atoms with Crippen LogP contribution in [-0.2, 0) is 19.1 Å². The maximum atomic E-state index is 11.7. The van der Waals surface area contributed by atoms with Gasteiger partial charge in [-0.1, -0.05) is 58.1 Å². The summed E-state index contributed by atoms with van der Waals surface area (Å²) >= 11 is 0. The molecule has 0 rings (SSSR count). The first kappa shape index (κ1) is 23.7. The summed E-state index contributed by atoms with van der Waals surface area (Å²) in [6.45, 7) is 7.98. The van der Waals surface area contributed by atoms with Gasteiger partial charge in [-0.05, 0) is 32.1 Å². The first-order chi connectivity index (χ1) is 12.1. The standard InChI is InChI=1S/C21H37O4/c1-4-6-8-9-10-11-12-13-15-17-21(23)25-19(3)18-24-20(22)16-14-7-5-2/h6,8,19H,3-5,7,9-18H2,1-2H3/q-1/b8-6-/t19-/m0/s1. The Bertz CT molecular complexity index is 363. The molecule has 0 unspecified atom stereocenters. The van der Waals surface area contributed by atoms with Gasteiger partial charge in [0.25, 0.3) is 0 Å². The molecule has 0 saturated carbocycles. The fourth-order valence-electron chi connectivity index (χ4n) is 2.40. The van der Waals surface area contributed by atoms with E-state index in [0.29, 0.717) is 12.8 Å². The third-order valence-electron chi connectivity index (χ3n) is 3.87. The van der Waals surface area contributed by atoms with Crippen LogP contribution < -0.4 is 0 Å². The zero-order chi connectivity index (χ0) is 18.8. The zero-order valence-corrected chi connectivity index (χ0v) is 16.3. The topological polar surface area (TPSA) is 52.6 Å². The Morgan fingerprint density at radius 3 is 2.24 bits per heavy atom. The summed E-state index contributed by atoms with van der Waals surface area (Å²) < 4.78 is 10.2. The van der Waals surface area contributed by atoms with Crippen LogP contribution in [0.5, 0.6) is 0 Å². The molecule has 4 heteroatoms. The van der Waals surface area contributed by atoms with Crippen molar-refractivity contribution in [3.8, 4) is 0 Å². The molecule has 0 bridgehead atoms. The van der Waals surface area contributed by atoms with Crippen LogP contribution in [0.1, 0.15) is 90.9 Å². The summed E-state index contributed by atoms with van der Waals surface area (Å²) in [5.41, 5.74) is 0. The van der Waals surface area contributed by atoms with Crippen LogP contribution in [0, 0.1) is 6.92 Å². The molecule has 25 heavy (non-hydrogen) atoms. The van der Waals surface area contributed by atoms with Crippen molar-refractivity contribution in [2.45, 2.75) is 97.0 Å². The van der Waals surface area contributed by atoms with Crippen LogP contribution in [0.3, 0.4) is 0 Å². The Labute approximate surface area is 154 Å². The number of carbonyl (C=O) groups is 2. The molecule has 0 fully saturated rings. The molecule has 0 aliphatic heterocycles. The Morgan fingerprint density at radius 1 is 0.880 bits per heavy atom. The largest absolute Gasteiger partial charge is 0.492 e. The van der Waals surface area contributed by atoms with E-state index in [9.17, 15) is 9.59 Å². The van der Waals surface area contributed by atoms with E-state index in [0.717, 1.165) is 51.4 Å². The van der Waals surface area contributed by atoms with Gasteiger partial charge in [0.15, 0.2) is 0 Å². The van der Waals surface area contributed by atoms with Gasteiger partial charge in [-0.15, -0.1) is 0 Å². The molecule has 0 spiro atoms. The molecular weight excluding hydrogens is 316 g/mol. The molecular formula is C21H37O4-. The van der Waals surface area contributed by atoms with Gasteiger partial charge in [0.05, 0.1) is 6.61 Å². The minimum absolute atomic E-state index is 0.0436. The van der Waals surface area contributed by atoms with Gasteiger partial charge in [0.2, 0.25) is 0 Å². The van der Waals surface area contributed by atoms with E-state index < -0.39 is 6.10 Å². The van der Waals surface area contributed by atoms with Crippen molar-refractivity contribution in [1.82, 2.24) is 0 Å². The number of allylic oxidation sites excluding steroid dienone is 2. The number of hydrogen-bond donors (Lipinski definition) is 0. The summed E-state index contributed by atoms with van der Waals surface area (Å²) in [4.78, 5) is 23.2. The summed E-state index contributed by atoms with van der Waals surface area (Å²) in [6.07, 6.45) is 15.3. The van der Waals surface area contributed by atoms with Gasteiger partial charge in [-0.25, -0.2) is 0 Å². The average molecular weight is 354 g/mol. The molecule has 0 heterocycles. The number of unbranched alkanes of at least 4 members (excludes halogenated alkanes) is 7. The lowest BCUT2D eigenvalue weighted by molar-refractivity contribution is -0.156. The first-order valence-corrected chi connectivity index (χ1v) is 9.93. The molecule has 146 valence electrons. The minimum Gasteiger partial charge on any atom is -0.492 e. The lowest BCUT2D eigenvalue weighted by Crippen LogP contribution is -2.22. The van der Waals surface area contributed by atoms with Crippen molar-refractivity contribution < 1.29 is 19.1 Å². The molecule has 0 aromatic rings. The number of esters is 2. The van der Waals surface area contributed by atoms with E-state index in [-0.39, 0.29) is 18.5 Å². The molecule has 0 saturated heterocycles. The van der Waals surface area contributed by atoms with Crippen LogP contribution in [-0.4, -0.2) is 24.6 Å². The lowest BCUT2D eigenvalue weighted by atomic mass is 10.1. The molecule has 0 aliphatic rings. The number of ether oxygens (including phenoxy) is 2. The molecule has 0 N–H and O–H groups in total. The van der Waals surface area contributed by atoms with E-state index in [1.807, 2.05) is 0 Å². The third kappa shape index (κ3) is 17.3. The average Bonchev–Trinajstić information content (AvgIpc) is 2.58. The van der Waals surface area contributed by atoms with Crippen LogP contribution >= 0.6 is 0 Å². The second kappa shape index (κ2) is 17.5. The van der Waals surface area contributed by atoms with Crippen LogP contribution in [0.4, 0.5) is 0 Å². The van der Waals surface area contributed by atoms with Crippen molar-refractivity contribution in [3.63, 3.8) is 0 Å². The third-order valence-corrected chi connectivity index (χ3v) is 3.87. The Morgan fingerprint density at radius 2 is 1.52 bits per heavy atom. The summed E-state index contributed by atoms with van der Waals surface area (Å²) in [5.74, 6) is -0.500. The fourth-order valence-corrected chi connectivity index (χ4v) is 2.40. The van der Waals surface area contributed by atoms with Crippen molar-refractivity contribution in [1.29, 1.82) is 0 Å². The molecule has 1 atom stereocenters. The van der Waals surface area contributed by atoms with Crippen LogP contribution in [0.25, 0.3) is 0 Å². The van der Waals surface area contributed by atoms with Gasteiger partial charge in [-0.2, -0.15) is 0 Å². The lowest BCUT2D eigenvalue weighted by Gasteiger charge is -2.19. The van der Waals surface area contributed by atoms with E-state index in [2.05, 4.69) is 32.9 Å². The summed E-state index contributed by atoms with van der Waals surface area (Å²) in [6, 6.07) is 0. The normalized spacial score (nSPS) is 12.3. The van der Waals surface area contributed by atoms with Crippen LogP contribution in [0.15, 0.2) is 12.2 Å². The molecule has 0 radical (unpaired) electrons. The van der Waals surface area contributed by atoms with E-state index >= 15 is 0 Å². The molecule has 0 amide bonds. The first-order valence-electron chi connectivity index (χ1n) is 9.93.